The van der Waals surface area contributed by atoms with E-state index in [2.05, 4.69) is 29.4 Å². The Morgan fingerprint density at radius 2 is 1.81 bits per heavy atom. The Morgan fingerprint density at radius 1 is 1.07 bits per heavy atom. The minimum absolute atomic E-state index is 0.0856. The number of nitrogens with zero attached hydrogens (tertiary/aromatic N) is 2. The van der Waals surface area contributed by atoms with E-state index in [1.165, 1.54) is 5.56 Å². The molecule has 3 rings (SSSR count). The van der Waals surface area contributed by atoms with Crippen molar-refractivity contribution in [2.45, 2.75) is 32.9 Å². The molecule has 1 aromatic heterocycles. The Hall–Kier alpha value is -3.08. The topological polar surface area (TPSA) is 56.1 Å². The highest BCUT2D eigenvalue weighted by Gasteiger charge is 2.06. The van der Waals surface area contributed by atoms with Crippen molar-refractivity contribution in [2.75, 3.05) is 6.61 Å². The van der Waals surface area contributed by atoms with E-state index in [0.717, 1.165) is 30.7 Å². The summed E-state index contributed by atoms with van der Waals surface area (Å²) in [7, 11) is 0. The molecule has 140 valence electrons. The van der Waals surface area contributed by atoms with E-state index in [4.69, 9.17) is 4.74 Å². The van der Waals surface area contributed by atoms with Crippen molar-refractivity contribution in [2.24, 2.45) is 0 Å². The van der Waals surface area contributed by atoms with Crippen LogP contribution in [0.1, 0.15) is 41.3 Å². The standard InChI is InChI=1S/C22H25N3O2/c1-2-3-14-27-21-10-8-20(9-11-21)22(26)24-15-18-4-6-19(7-5-18)16-25-13-12-23-17-25/h4-13,17H,2-3,14-16H2,1H3,(H,24,26). The van der Waals surface area contributed by atoms with Gasteiger partial charge in [-0.2, -0.15) is 0 Å². The van der Waals surface area contributed by atoms with Crippen LogP contribution < -0.4 is 10.1 Å². The third-order valence-electron chi connectivity index (χ3n) is 4.28. The minimum Gasteiger partial charge on any atom is -0.494 e. The molecule has 27 heavy (non-hydrogen) atoms. The first kappa shape index (κ1) is 18.7. The molecule has 0 unspecified atom stereocenters. The normalized spacial score (nSPS) is 10.6. The monoisotopic (exact) mass is 363 g/mol. The fraction of sp³-hybridized carbons (Fsp3) is 0.273. The zero-order valence-corrected chi connectivity index (χ0v) is 15.6. The van der Waals surface area contributed by atoms with Crippen molar-refractivity contribution in [3.8, 4) is 5.75 Å². The lowest BCUT2D eigenvalue weighted by molar-refractivity contribution is 0.0951. The highest BCUT2D eigenvalue weighted by Crippen LogP contribution is 2.13. The molecule has 0 atom stereocenters. The maximum Gasteiger partial charge on any atom is 0.251 e. The van der Waals surface area contributed by atoms with Gasteiger partial charge in [0.25, 0.3) is 5.91 Å². The third-order valence-corrected chi connectivity index (χ3v) is 4.28. The Labute approximate surface area is 160 Å². The van der Waals surface area contributed by atoms with Crippen LogP contribution in [0.25, 0.3) is 0 Å². The lowest BCUT2D eigenvalue weighted by Gasteiger charge is -2.08. The van der Waals surface area contributed by atoms with Crippen LogP contribution >= 0.6 is 0 Å². The molecule has 0 fully saturated rings. The first-order valence-corrected chi connectivity index (χ1v) is 9.29. The molecule has 5 nitrogen and oxygen atoms in total. The van der Waals surface area contributed by atoms with Crippen LogP contribution in [0.5, 0.6) is 5.75 Å². The number of carbonyl (C=O) groups is 1. The van der Waals surface area contributed by atoms with Gasteiger partial charge < -0.3 is 14.6 Å². The van der Waals surface area contributed by atoms with Crippen molar-refractivity contribution in [1.82, 2.24) is 14.9 Å². The molecule has 1 heterocycles. The number of ether oxygens (including phenoxy) is 1. The number of rotatable bonds is 9. The second-order valence-electron chi connectivity index (χ2n) is 6.46. The number of carbonyl (C=O) groups excluding carboxylic acids is 1. The predicted octanol–water partition coefficient (Wildman–Crippen LogP) is 4.04. The Bertz CT molecular complexity index is 825. The van der Waals surface area contributed by atoms with Crippen LogP contribution in [0.2, 0.25) is 0 Å². The smallest absolute Gasteiger partial charge is 0.251 e. The summed E-state index contributed by atoms with van der Waals surface area (Å²) in [5.74, 6) is 0.714. The van der Waals surface area contributed by atoms with Gasteiger partial charge in [0.2, 0.25) is 0 Å². The first-order valence-electron chi connectivity index (χ1n) is 9.29. The van der Waals surface area contributed by atoms with Crippen LogP contribution in [0, 0.1) is 0 Å². The number of benzene rings is 2. The van der Waals surface area contributed by atoms with E-state index in [-0.39, 0.29) is 5.91 Å². The molecule has 0 radical (unpaired) electrons. The highest BCUT2D eigenvalue weighted by atomic mass is 16.5. The van der Waals surface area contributed by atoms with Gasteiger partial charge in [-0.15, -0.1) is 0 Å². The molecular formula is C22H25N3O2. The SMILES string of the molecule is CCCCOc1ccc(C(=O)NCc2ccc(Cn3ccnc3)cc2)cc1. The summed E-state index contributed by atoms with van der Waals surface area (Å²) in [5.41, 5.74) is 2.90. The van der Waals surface area contributed by atoms with Crippen LogP contribution in [0.4, 0.5) is 0 Å². The second kappa shape index (κ2) is 9.57. The Kier molecular flexibility index (Phi) is 6.63. The van der Waals surface area contributed by atoms with Gasteiger partial charge in [-0.05, 0) is 41.8 Å². The van der Waals surface area contributed by atoms with Crippen LogP contribution in [0.15, 0.2) is 67.3 Å². The van der Waals surface area contributed by atoms with Gasteiger partial charge in [0.1, 0.15) is 5.75 Å². The summed E-state index contributed by atoms with van der Waals surface area (Å²) in [6, 6.07) is 15.5. The summed E-state index contributed by atoms with van der Waals surface area (Å²) < 4.78 is 7.64. The van der Waals surface area contributed by atoms with E-state index in [9.17, 15) is 4.79 Å². The molecule has 0 aliphatic carbocycles. The van der Waals surface area contributed by atoms with Crippen molar-refractivity contribution < 1.29 is 9.53 Å². The molecule has 3 aromatic rings. The van der Waals surface area contributed by atoms with Crippen molar-refractivity contribution in [3.63, 3.8) is 0 Å². The molecular weight excluding hydrogens is 338 g/mol. The van der Waals surface area contributed by atoms with Crippen LogP contribution in [-0.4, -0.2) is 22.1 Å². The number of amides is 1. The van der Waals surface area contributed by atoms with Crippen LogP contribution in [0.3, 0.4) is 0 Å². The minimum atomic E-state index is -0.0856. The Morgan fingerprint density at radius 3 is 2.48 bits per heavy atom. The van der Waals surface area contributed by atoms with Crippen molar-refractivity contribution in [1.29, 1.82) is 0 Å². The van der Waals surface area contributed by atoms with E-state index in [1.54, 1.807) is 24.7 Å². The second-order valence-corrected chi connectivity index (χ2v) is 6.46. The van der Waals surface area contributed by atoms with Crippen molar-refractivity contribution in [3.05, 3.63) is 83.9 Å². The lowest BCUT2D eigenvalue weighted by Crippen LogP contribution is -2.22. The Balaban J connectivity index is 1.48. The number of imidazole rings is 1. The van der Waals surface area contributed by atoms with Gasteiger partial charge in [0.15, 0.2) is 0 Å². The number of hydrogen-bond donors (Lipinski definition) is 1. The molecule has 1 amide bonds. The quantitative estimate of drug-likeness (QED) is 0.584. The fourth-order valence-electron chi connectivity index (χ4n) is 2.67. The lowest BCUT2D eigenvalue weighted by atomic mass is 10.1. The maximum atomic E-state index is 12.3. The molecule has 0 saturated heterocycles. The number of aromatic nitrogens is 2. The average molecular weight is 363 g/mol. The molecule has 0 aliphatic rings. The van der Waals surface area contributed by atoms with E-state index in [0.29, 0.717) is 18.7 Å². The number of unbranched alkanes of at least 4 members (excludes halogenated alkanes) is 1. The molecule has 0 aliphatic heterocycles. The third kappa shape index (κ3) is 5.71. The van der Waals surface area contributed by atoms with Gasteiger partial charge in [0.05, 0.1) is 12.9 Å². The summed E-state index contributed by atoms with van der Waals surface area (Å²) in [5, 5.41) is 2.96. The molecule has 1 N–H and O–H groups in total. The van der Waals surface area contributed by atoms with Gasteiger partial charge in [-0.3, -0.25) is 4.79 Å². The van der Waals surface area contributed by atoms with Gasteiger partial charge in [-0.1, -0.05) is 37.6 Å². The number of hydrogen-bond acceptors (Lipinski definition) is 3. The summed E-state index contributed by atoms with van der Waals surface area (Å²) >= 11 is 0. The van der Waals surface area contributed by atoms with E-state index >= 15 is 0 Å². The largest absolute Gasteiger partial charge is 0.494 e. The zero-order valence-electron chi connectivity index (χ0n) is 15.6. The van der Waals surface area contributed by atoms with Gasteiger partial charge in [0, 0.05) is 31.0 Å². The molecule has 0 saturated carbocycles. The fourth-order valence-corrected chi connectivity index (χ4v) is 2.67. The van der Waals surface area contributed by atoms with Crippen LogP contribution in [-0.2, 0) is 13.1 Å². The summed E-state index contributed by atoms with van der Waals surface area (Å²) in [6.45, 7) is 4.13. The molecule has 5 heteroatoms. The highest BCUT2D eigenvalue weighted by molar-refractivity contribution is 5.94. The summed E-state index contributed by atoms with van der Waals surface area (Å²) in [4.78, 5) is 16.4. The predicted molar refractivity (Wildman–Crippen MR) is 106 cm³/mol. The zero-order chi connectivity index (χ0) is 18.9. The first-order chi connectivity index (χ1) is 13.2. The van der Waals surface area contributed by atoms with Gasteiger partial charge >= 0.3 is 0 Å². The molecule has 0 bridgehead atoms. The van der Waals surface area contributed by atoms with Gasteiger partial charge in [-0.25, -0.2) is 4.98 Å². The van der Waals surface area contributed by atoms with E-state index < -0.39 is 0 Å². The number of nitrogens with one attached hydrogen (secondary N) is 1. The summed E-state index contributed by atoms with van der Waals surface area (Å²) in [6.07, 6.45) is 7.64. The van der Waals surface area contributed by atoms with Crippen molar-refractivity contribution >= 4 is 5.91 Å². The molecule has 2 aromatic carbocycles. The average Bonchev–Trinajstić information content (AvgIpc) is 3.21. The van der Waals surface area contributed by atoms with E-state index in [1.807, 2.05) is 35.0 Å². The molecule has 0 spiro atoms. The maximum absolute atomic E-state index is 12.3.